The fourth-order valence-corrected chi connectivity index (χ4v) is 6.63. The molecule has 4 aliphatic rings. The third-order valence-corrected chi connectivity index (χ3v) is 9.53. The second-order valence-electron chi connectivity index (χ2n) is 15.8. The standard InChI is InChI=1S/C20H30ClN3O3.C11H12ClNO2.C9H18N2O2.CH4/c1-20(2,3)27-19(25)24-8-6-22(7-9-24)15-16-4-5-17(21)14-18(16)23-10-12-26-13-11-23;12-10-2-1-9(8-14)11(7-10)13-3-5-15-6-4-13;1-9(2,3)13-8(12)11-6-4-10-5-7-11;/h4-5,14H,6-13,15H2,1-3H3;1-2,7-8H,3-6H2;10H,4-7H2,1-3H3;1H4. The highest BCUT2D eigenvalue weighted by atomic mass is 35.5. The molecule has 1 N–H and O–H groups in total. The van der Waals surface area contributed by atoms with E-state index >= 15 is 0 Å². The minimum atomic E-state index is -0.454. The fourth-order valence-electron chi connectivity index (χ4n) is 6.29. The highest BCUT2D eigenvalue weighted by Crippen LogP contribution is 2.28. The van der Waals surface area contributed by atoms with Crippen molar-refractivity contribution in [3.63, 3.8) is 0 Å². The number of morpholine rings is 2. The molecule has 2 amide bonds. The van der Waals surface area contributed by atoms with Crippen LogP contribution >= 0.6 is 23.2 Å². The molecular weight excluding hydrogens is 759 g/mol. The number of halogens is 2. The van der Waals surface area contributed by atoms with Crippen molar-refractivity contribution in [3.05, 3.63) is 57.6 Å². The largest absolute Gasteiger partial charge is 0.444 e. The number of piperazine rings is 2. The molecule has 2 aromatic carbocycles. The molecule has 13 nitrogen and oxygen atoms in total. The van der Waals surface area contributed by atoms with E-state index in [4.69, 9.17) is 42.1 Å². The Hall–Kier alpha value is -3.33. The predicted molar refractivity (Wildman–Crippen MR) is 225 cm³/mol. The molecule has 0 aromatic heterocycles. The molecular formula is C41H64Cl2N6O7. The second kappa shape index (κ2) is 22.6. The van der Waals surface area contributed by atoms with E-state index in [9.17, 15) is 14.4 Å². The summed E-state index contributed by atoms with van der Waals surface area (Å²) in [4.78, 5) is 45.0. The van der Waals surface area contributed by atoms with Crippen LogP contribution in [0.15, 0.2) is 36.4 Å². The summed E-state index contributed by atoms with van der Waals surface area (Å²) in [5.74, 6) is 0. The summed E-state index contributed by atoms with van der Waals surface area (Å²) >= 11 is 12.2. The average molecular weight is 824 g/mol. The smallest absolute Gasteiger partial charge is 0.410 e. The summed E-state index contributed by atoms with van der Waals surface area (Å²) < 4.78 is 21.5. The summed E-state index contributed by atoms with van der Waals surface area (Å²) in [5.41, 5.74) is 3.21. The number of carbonyl (C=O) groups is 3. The molecule has 0 atom stereocenters. The third kappa shape index (κ3) is 15.9. The maximum absolute atomic E-state index is 12.2. The van der Waals surface area contributed by atoms with Gasteiger partial charge in [-0.2, -0.15) is 0 Å². The number of aldehydes is 1. The minimum absolute atomic E-state index is 0. The SMILES string of the molecule is C.CC(C)(C)OC(=O)N1CCN(Cc2ccc(Cl)cc2N2CCOCC2)CC1.CC(C)(C)OC(=O)N1CCNCC1.O=Cc1ccc(Cl)cc1N1CCOCC1. The Morgan fingerprint density at radius 3 is 1.61 bits per heavy atom. The van der Waals surface area contributed by atoms with Gasteiger partial charge in [-0.25, -0.2) is 9.59 Å². The van der Waals surface area contributed by atoms with E-state index in [-0.39, 0.29) is 25.2 Å². The number of carbonyl (C=O) groups excluding carboxylic acids is 3. The van der Waals surface area contributed by atoms with Gasteiger partial charge in [0, 0.05) is 112 Å². The lowest BCUT2D eigenvalue weighted by Gasteiger charge is -2.37. The van der Waals surface area contributed by atoms with Crippen molar-refractivity contribution in [2.24, 2.45) is 0 Å². The van der Waals surface area contributed by atoms with Crippen molar-refractivity contribution < 1.29 is 33.3 Å². The van der Waals surface area contributed by atoms with E-state index < -0.39 is 5.60 Å². The molecule has 4 aliphatic heterocycles. The van der Waals surface area contributed by atoms with Crippen molar-refractivity contribution >= 4 is 53.0 Å². The van der Waals surface area contributed by atoms with E-state index in [1.54, 1.807) is 21.9 Å². The van der Waals surface area contributed by atoms with Gasteiger partial charge < -0.3 is 43.9 Å². The number of benzene rings is 2. The summed E-state index contributed by atoms with van der Waals surface area (Å²) in [6.45, 7) is 24.7. The number of anilines is 2. The van der Waals surface area contributed by atoms with Gasteiger partial charge in [-0.1, -0.05) is 36.7 Å². The first-order chi connectivity index (χ1) is 26.1. The van der Waals surface area contributed by atoms with Gasteiger partial charge in [-0.05, 0) is 77.4 Å². The van der Waals surface area contributed by atoms with Gasteiger partial charge in [-0.3, -0.25) is 9.69 Å². The molecule has 0 radical (unpaired) electrons. The van der Waals surface area contributed by atoms with E-state index in [2.05, 4.69) is 32.1 Å². The summed E-state index contributed by atoms with van der Waals surface area (Å²) in [5, 5.41) is 4.60. The van der Waals surface area contributed by atoms with Gasteiger partial charge in [0.1, 0.15) is 11.2 Å². The molecule has 6 rings (SSSR count). The van der Waals surface area contributed by atoms with Crippen LogP contribution in [0.5, 0.6) is 0 Å². The van der Waals surface area contributed by atoms with Gasteiger partial charge in [0.2, 0.25) is 0 Å². The van der Waals surface area contributed by atoms with Crippen molar-refractivity contribution in [2.45, 2.75) is 66.7 Å². The van der Waals surface area contributed by atoms with Crippen LogP contribution in [0.2, 0.25) is 10.0 Å². The van der Waals surface area contributed by atoms with Crippen molar-refractivity contribution in [1.29, 1.82) is 0 Å². The molecule has 56 heavy (non-hydrogen) atoms. The quantitative estimate of drug-likeness (QED) is 0.326. The zero-order chi connectivity index (χ0) is 40.0. The zero-order valence-corrected chi connectivity index (χ0v) is 34.9. The van der Waals surface area contributed by atoms with Gasteiger partial charge in [0.25, 0.3) is 0 Å². The topological polar surface area (TPSA) is 116 Å². The van der Waals surface area contributed by atoms with E-state index in [1.807, 2.05) is 53.7 Å². The minimum Gasteiger partial charge on any atom is -0.444 e. The zero-order valence-electron chi connectivity index (χ0n) is 33.4. The molecule has 0 aliphatic carbocycles. The first-order valence-corrected chi connectivity index (χ1v) is 19.9. The van der Waals surface area contributed by atoms with Crippen molar-refractivity contribution in [2.75, 3.05) is 115 Å². The van der Waals surface area contributed by atoms with Gasteiger partial charge in [0.15, 0.2) is 6.29 Å². The van der Waals surface area contributed by atoms with Crippen molar-refractivity contribution in [3.8, 4) is 0 Å². The molecule has 2 aromatic rings. The number of nitrogens with one attached hydrogen (secondary N) is 1. The lowest BCUT2D eigenvalue weighted by Crippen LogP contribution is -2.49. The number of hydrogen-bond donors (Lipinski definition) is 1. The van der Waals surface area contributed by atoms with Gasteiger partial charge in [-0.15, -0.1) is 0 Å². The first-order valence-electron chi connectivity index (χ1n) is 19.2. The molecule has 314 valence electrons. The number of amides is 2. The van der Waals surface area contributed by atoms with Gasteiger partial charge >= 0.3 is 12.2 Å². The van der Waals surface area contributed by atoms with E-state index in [0.29, 0.717) is 36.9 Å². The number of ether oxygens (including phenoxy) is 4. The van der Waals surface area contributed by atoms with Crippen LogP contribution in [-0.4, -0.2) is 149 Å². The summed E-state index contributed by atoms with van der Waals surface area (Å²) in [6, 6.07) is 11.4. The Bertz CT molecular complexity index is 1530. The number of rotatable bonds is 5. The second-order valence-corrected chi connectivity index (χ2v) is 16.6. The lowest BCUT2D eigenvalue weighted by atomic mass is 10.1. The molecule has 0 unspecified atom stereocenters. The Morgan fingerprint density at radius 1 is 0.679 bits per heavy atom. The molecule has 4 fully saturated rings. The lowest BCUT2D eigenvalue weighted by molar-refractivity contribution is 0.0138. The Morgan fingerprint density at radius 2 is 1.12 bits per heavy atom. The average Bonchev–Trinajstić information content (AvgIpc) is 3.16. The summed E-state index contributed by atoms with van der Waals surface area (Å²) in [7, 11) is 0. The predicted octanol–water partition coefficient (Wildman–Crippen LogP) is 6.68. The Kier molecular flexibility index (Phi) is 19.0. The highest BCUT2D eigenvalue weighted by Gasteiger charge is 2.27. The van der Waals surface area contributed by atoms with E-state index in [1.165, 1.54) is 11.3 Å². The van der Waals surface area contributed by atoms with Gasteiger partial charge in [0.05, 0.1) is 26.4 Å². The molecule has 0 spiro atoms. The third-order valence-electron chi connectivity index (χ3n) is 9.06. The van der Waals surface area contributed by atoms with Crippen LogP contribution in [0.3, 0.4) is 0 Å². The normalized spacial score (nSPS) is 18.0. The van der Waals surface area contributed by atoms with Crippen LogP contribution in [0.25, 0.3) is 0 Å². The van der Waals surface area contributed by atoms with Crippen LogP contribution in [-0.2, 0) is 25.5 Å². The molecule has 4 saturated heterocycles. The number of hydrogen-bond acceptors (Lipinski definition) is 11. The van der Waals surface area contributed by atoms with Crippen LogP contribution < -0.4 is 15.1 Å². The van der Waals surface area contributed by atoms with Crippen molar-refractivity contribution in [1.82, 2.24) is 20.0 Å². The fraction of sp³-hybridized carbons (Fsp3) is 0.634. The first kappa shape index (κ1) is 47.0. The monoisotopic (exact) mass is 822 g/mol. The van der Waals surface area contributed by atoms with E-state index in [0.717, 1.165) is 102 Å². The van der Waals surface area contributed by atoms with Crippen LogP contribution in [0, 0.1) is 0 Å². The molecule has 15 heteroatoms. The Labute approximate surface area is 344 Å². The maximum atomic E-state index is 12.2. The Balaban J connectivity index is 0.000000245. The molecule has 4 heterocycles. The molecule has 0 bridgehead atoms. The highest BCUT2D eigenvalue weighted by molar-refractivity contribution is 6.31. The van der Waals surface area contributed by atoms with Crippen LogP contribution in [0.4, 0.5) is 21.0 Å². The maximum Gasteiger partial charge on any atom is 0.410 e. The van der Waals surface area contributed by atoms with Crippen LogP contribution in [0.1, 0.15) is 64.9 Å². The molecule has 0 saturated carbocycles. The number of nitrogens with zero attached hydrogens (tertiary/aromatic N) is 5. The summed E-state index contributed by atoms with van der Waals surface area (Å²) in [6.07, 6.45) is 0.442.